The molecule has 0 radical (unpaired) electrons. The molecule has 0 saturated carbocycles. The third-order valence-electron chi connectivity index (χ3n) is 6.94. The van der Waals surface area contributed by atoms with Gasteiger partial charge >= 0.3 is 0 Å². The van der Waals surface area contributed by atoms with Crippen molar-refractivity contribution in [2.75, 3.05) is 10.6 Å². The molecule has 0 saturated heterocycles. The highest BCUT2D eigenvalue weighted by atomic mass is 16.2. The van der Waals surface area contributed by atoms with Crippen molar-refractivity contribution < 1.29 is 19.2 Å². The van der Waals surface area contributed by atoms with E-state index in [0.717, 1.165) is 0 Å². The number of ketones is 2. The number of amides is 2. The van der Waals surface area contributed by atoms with Gasteiger partial charge in [-0.15, -0.1) is 0 Å². The molecule has 0 spiro atoms. The van der Waals surface area contributed by atoms with Crippen LogP contribution in [-0.2, 0) is 32.0 Å². The Hall–Kier alpha value is -2.50. The van der Waals surface area contributed by atoms with Gasteiger partial charge < -0.3 is 10.6 Å². The molecule has 2 amide bonds. The number of anilines is 2. The fourth-order valence-corrected chi connectivity index (χ4v) is 3.86. The minimum atomic E-state index is -1.12. The normalized spacial score (nSPS) is 27.7. The molecule has 1 aromatic carbocycles. The van der Waals surface area contributed by atoms with Gasteiger partial charge in [-0.05, 0) is 42.9 Å². The number of benzene rings is 1. The lowest BCUT2D eigenvalue weighted by atomic mass is 9.73. The zero-order valence-corrected chi connectivity index (χ0v) is 17.4. The molecule has 0 aromatic heterocycles. The zero-order chi connectivity index (χ0) is 21.0. The van der Waals surface area contributed by atoms with E-state index in [2.05, 4.69) is 10.6 Å². The molecule has 2 unspecified atom stereocenters. The first-order valence-electron chi connectivity index (χ1n) is 9.77. The average molecular weight is 384 g/mol. The highest BCUT2D eigenvalue weighted by molar-refractivity contribution is 6.16. The molecule has 2 aliphatic heterocycles. The minimum absolute atomic E-state index is 0.111. The van der Waals surface area contributed by atoms with Gasteiger partial charge in [-0.1, -0.05) is 33.8 Å². The maximum absolute atomic E-state index is 12.9. The Kier molecular flexibility index (Phi) is 4.72. The average Bonchev–Trinajstić information content (AvgIpc) is 2.76. The van der Waals surface area contributed by atoms with Crippen molar-refractivity contribution in [1.82, 2.24) is 0 Å². The molecule has 1 aromatic rings. The molecule has 6 nitrogen and oxygen atoms in total. The molecule has 2 atom stereocenters. The second-order valence-electron chi connectivity index (χ2n) is 8.99. The SMILES string of the molecule is CC(C)C1(C)C(=O)Cc2cc3c(cc2NC1=O)NC(=O)C(C)(C(C)C)C(=O)C3. The maximum Gasteiger partial charge on any atom is 0.238 e. The van der Waals surface area contributed by atoms with Crippen LogP contribution in [0.2, 0.25) is 0 Å². The topological polar surface area (TPSA) is 92.3 Å². The number of fused-ring (bicyclic) bond motifs is 2. The van der Waals surface area contributed by atoms with E-state index in [4.69, 9.17) is 0 Å². The molecule has 2 heterocycles. The van der Waals surface area contributed by atoms with E-state index in [-0.39, 0.29) is 48.1 Å². The fourth-order valence-electron chi connectivity index (χ4n) is 3.86. The smallest absolute Gasteiger partial charge is 0.238 e. The Bertz CT molecular complexity index is 770. The summed E-state index contributed by atoms with van der Waals surface area (Å²) in [4.78, 5) is 51.4. The van der Waals surface area contributed by atoms with Crippen LogP contribution in [0.25, 0.3) is 0 Å². The molecular formula is C22H28N2O4. The van der Waals surface area contributed by atoms with Gasteiger partial charge in [0.1, 0.15) is 10.8 Å². The number of hydrogen-bond acceptors (Lipinski definition) is 4. The van der Waals surface area contributed by atoms with Gasteiger partial charge in [0.05, 0.1) is 0 Å². The van der Waals surface area contributed by atoms with E-state index in [1.54, 1.807) is 26.0 Å². The number of carbonyl (C=O) groups is 4. The molecule has 0 aliphatic carbocycles. The standard InChI is InChI=1S/C22H28N2O4/c1-11(2)21(5)17(25)8-13-7-14-9-18(26)22(6,12(3)4)20(28)24-16(14)10-15(13)23-19(21)27/h7,10-12H,8-9H2,1-6H3,(H,23,27)(H,24,28). The van der Waals surface area contributed by atoms with Crippen molar-refractivity contribution in [3.05, 3.63) is 23.3 Å². The number of hydrogen-bond donors (Lipinski definition) is 2. The molecule has 150 valence electrons. The summed E-state index contributed by atoms with van der Waals surface area (Å²) in [5.41, 5.74) is 0.148. The molecule has 3 rings (SSSR count). The second kappa shape index (κ2) is 6.54. The summed E-state index contributed by atoms with van der Waals surface area (Å²) in [6.45, 7) is 10.8. The van der Waals surface area contributed by atoms with Crippen LogP contribution in [0.15, 0.2) is 12.1 Å². The summed E-state index contributed by atoms with van der Waals surface area (Å²) in [5, 5.41) is 5.74. The first kappa shape index (κ1) is 20.2. The van der Waals surface area contributed by atoms with Gasteiger partial charge in [0.15, 0.2) is 11.6 Å². The quantitative estimate of drug-likeness (QED) is 0.766. The first-order chi connectivity index (χ1) is 12.9. The van der Waals surface area contributed by atoms with Gasteiger partial charge in [0.2, 0.25) is 11.8 Å². The van der Waals surface area contributed by atoms with Crippen LogP contribution >= 0.6 is 0 Å². The van der Waals surface area contributed by atoms with Crippen molar-refractivity contribution in [3.63, 3.8) is 0 Å². The number of carbonyl (C=O) groups excluding carboxylic acids is 4. The van der Waals surface area contributed by atoms with E-state index >= 15 is 0 Å². The zero-order valence-electron chi connectivity index (χ0n) is 17.4. The van der Waals surface area contributed by atoms with Crippen molar-refractivity contribution in [2.24, 2.45) is 22.7 Å². The van der Waals surface area contributed by atoms with Crippen LogP contribution in [0.1, 0.15) is 52.7 Å². The predicted octanol–water partition coefficient (Wildman–Crippen LogP) is 3.14. The van der Waals surface area contributed by atoms with Crippen LogP contribution in [0.4, 0.5) is 11.4 Å². The Morgan fingerprint density at radius 2 is 1.07 bits per heavy atom. The Labute approximate surface area is 165 Å². The largest absolute Gasteiger partial charge is 0.325 e. The Balaban J connectivity index is 2.08. The van der Waals surface area contributed by atoms with E-state index in [1.165, 1.54) is 0 Å². The Morgan fingerprint density at radius 1 is 0.714 bits per heavy atom. The first-order valence-corrected chi connectivity index (χ1v) is 9.77. The number of nitrogens with one attached hydrogen (secondary N) is 2. The minimum Gasteiger partial charge on any atom is -0.325 e. The molecule has 28 heavy (non-hydrogen) atoms. The lowest BCUT2D eigenvalue weighted by molar-refractivity contribution is -0.141. The third-order valence-corrected chi connectivity index (χ3v) is 6.94. The van der Waals surface area contributed by atoms with E-state index in [0.29, 0.717) is 22.5 Å². The summed E-state index contributed by atoms with van der Waals surface area (Å²) < 4.78 is 0. The Morgan fingerprint density at radius 3 is 1.39 bits per heavy atom. The number of Topliss-reactive ketones (excluding diaryl/α,β-unsaturated/α-hetero) is 2. The highest BCUT2D eigenvalue weighted by Crippen LogP contribution is 2.40. The molecule has 2 N–H and O–H groups in total. The van der Waals surface area contributed by atoms with Crippen LogP contribution in [-0.4, -0.2) is 23.4 Å². The maximum atomic E-state index is 12.9. The van der Waals surface area contributed by atoms with Crippen molar-refractivity contribution >= 4 is 34.8 Å². The lowest BCUT2D eigenvalue weighted by Gasteiger charge is -2.28. The van der Waals surface area contributed by atoms with E-state index in [9.17, 15) is 19.2 Å². The van der Waals surface area contributed by atoms with Crippen molar-refractivity contribution in [2.45, 2.75) is 54.4 Å². The van der Waals surface area contributed by atoms with Gasteiger partial charge in [-0.25, -0.2) is 0 Å². The van der Waals surface area contributed by atoms with Gasteiger partial charge in [-0.2, -0.15) is 0 Å². The molecular weight excluding hydrogens is 356 g/mol. The van der Waals surface area contributed by atoms with Gasteiger partial charge in [0.25, 0.3) is 0 Å². The number of rotatable bonds is 2. The van der Waals surface area contributed by atoms with Crippen LogP contribution in [0.5, 0.6) is 0 Å². The van der Waals surface area contributed by atoms with Crippen molar-refractivity contribution in [1.29, 1.82) is 0 Å². The predicted molar refractivity (Wildman–Crippen MR) is 107 cm³/mol. The monoisotopic (exact) mass is 384 g/mol. The van der Waals surface area contributed by atoms with Crippen LogP contribution < -0.4 is 10.6 Å². The van der Waals surface area contributed by atoms with Crippen LogP contribution in [0, 0.1) is 22.7 Å². The van der Waals surface area contributed by atoms with Crippen LogP contribution in [0.3, 0.4) is 0 Å². The third kappa shape index (κ3) is 2.77. The van der Waals surface area contributed by atoms with E-state index < -0.39 is 10.8 Å². The summed E-state index contributed by atoms with van der Waals surface area (Å²) in [7, 11) is 0. The lowest BCUT2D eigenvalue weighted by Crippen LogP contribution is -2.44. The second-order valence-corrected chi connectivity index (χ2v) is 8.99. The summed E-state index contributed by atoms with van der Waals surface area (Å²) in [6.07, 6.45) is 0.221. The summed E-state index contributed by atoms with van der Waals surface area (Å²) in [6, 6.07) is 3.46. The molecule has 0 fully saturated rings. The van der Waals surface area contributed by atoms with Crippen molar-refractivity contribution in [3.8, 4) is 0 Å². The summed E-state index contributed by atoms with van der Waals surface area (Å²) in [5.74, 6) is -1.27. The highest BCUT2D eigenvalue weighted by Gasteiger charge is 2.47. The van der Waals surface area contributed by atoms with Gasteiger partial charge in [-0.3, -0.25) is 19.2 Å². The van der Waals surface area contributed by atoms with Gasteiger partial charge in [0, 0.05) is 24.2 Å². The van der Waals surface area contributed by atoms with E-state index in [1.807, 2.05) is 27.7 Å². The molecule has 0 bridgehead atoms. The fraction of sp³-hybridized carbons (Fsp3) is 0.545. The summed E-state index contributed by atoms with van der Waals surface area (Å²) >= 11 is 0. The molecule has 2 aliphatic rings. The molecule has 6 heteroatoms.